The number of H-pyrrole nitrogens is 2. The Bertz CT molecular complexity index is 1450. The quantitative estimate of drug-likeness (QED) is 0.434. The van der Waals surface area contributed by atoms with E-state index in [-0.39, 0.29) is 5.56 Å². The van der Waals surface area contributed by atoms with Crippen LogP contribution in [-0.2, 0) is 19.5 Å². The maximum atomic E-state index is 13.0. The summed E-state index contributed by atoms with van der Waals surface area (Å²) in [6.07, 6.45) is 3.87. The van der Waals surface area contributed by atoms with Gasteiger partial charge in [0.05, 0.1) is 22.7 Å². The van der Waals surface area contributed by atoms with E-state index >= 15 is 0 Å². The molecule has 0 saturated carbocycles. The van der Waals surface area contributed by atoms with Gasteiger partial charge in [0.25, 0.3) is 5.56 Å². The number of hydrogen-bond acceptors (Lipinski definition) is 4. The smallest absolute Gasteiger partial charge is 0.255 e. The summed E-state index contributed by atoms with van der Waals surface area (Å²) in [6.45, 7) is 3.01. The molecule has 2 aromatic heterocycles. The van der Waals surface area contributed by atoms with Crippen LogP contribution in [0.25, 0.3) is 22.2 Å². The first-order valence-corrected chi connectivity index (χ1v) is 12.3. The maximum Gasteiger partial charge on any atom is 0.255 e. The van der Waals surface area contributed by atoms with Gasteiger partial charge in [-0.1, -0.05) is 41.9 Å². The van der Waals surface area contributed by atoms with Crippen molar-refractivity contribution in [2.75, 3.05) is 13.1 Å². The van der Waals surface area contributed by atoms with Gasteiger partial charge in [-0.2, -0.15) is 0 Å². The van der Waals surface area contributed by atoms with E-state index in [4.69, 9.17) is 16.6 Å². The van der Waals surface area contributed by atoms with Crippen LogP contribution in [-0.4, -0.2) is 38.7 Å². The lowest BCUT2D eigenvalue weighted by atomic mass is 10.0. The number of rotatable bonds is 4. The van der Waals surface area contributed by atoms with Crippen LogP contribution in [0.3, 0.4) is 0 Å². The number of para-hydroxylation sites is 1. The summed E-state index contributed by atoms with van der Waals surface area (Å²) in [7, 11) is 0. The first kappa shape index (κ1) is 21.3. The van der Waals surface area contributed by atoms with Gasteiger partial charge >= 0.3 is 0 Å². The molecule has 172 valence electrons. The van der Waals surface area contributed by atoms with Crippen molar-refractivity contribution in [1.29, 1.82) is 0 Å². The monoisotopic (exact) mass is 471 g/mol. The van der Waals surface area contributed by atoms with E-state index in [0.29, 0.717) is 12.4 Å². The van der Waals surface area contributed by atoms with Crippen LogP contribution in [0.2, 0.25) is 5.02 Å². The zero-order chi connectivity index (χ0) is 23.1. The van der Waals surface area contributed by atoms with Crippen molar-refractivity contribution in [2.24, 2.45) is 4.99 Å². The van der Waals surface area contributed by atoms with E-state index < -0.39 is 0 Å². The molecule has 0 unspecified atom stereocenters. The van der Waals surface area contributed by atoms with Crippen LogP contribution in [0, 0.1) is 0 Å². The molecule has 2 aliphatic heterocycles. The molecular formula is C27H26ClN5O. The number of aromatic nitrogens is 3. The molecule has 2 aliphatic rings. The highest BCUT2D eigenvalue weighted by Gasteiger charge is 2.24. The number of aromatic amines is 2. The Morgan fingerprint density at radius 2 is 1.85 bits per heavy atom. The Morgan fingerprint density at radius 1 is 1.00 bits per heavy atom. The average molecular weight is 472 g/mol. The molecule has 4 aromatic rings. The number of hydrogen-bond donors (Lipinski definition) is 2. The lowest BCUT2D eigenvalue weighted by molar-refractivity contribution is 0.243. The van der Waals surface area contributed by atoms with E-state index in [1.165, 1.54) is 10.9 Å². The van der Waals surface area contributed by atoms with E-state index in [0.717, 1.165) is 84.1 Å². The van der Waals surface area contributed by atoms with Gasteiger partial charge in [-0.05, 0) is 48.6 Å². The Hall–Kier alpha value is -3.22. The van der Waals surface area contributed by atoms with Crippen LogP contribution in [0.15, 0.2) is 58.3 Å². The van der Waals surface area contributed by atoms with Gasteiger partial charge < -0.3 is 9.97 Å². The number of nitrogens with zero attached hydrogens (tertiary/aromatic N) is 3. The first-order chi connectivity index (χ1) is 16.7. The minimum Gasteiger partial charge on any atom is -0.354 e. The van der Waals surface area contributed by atoms with Gasteiger partial charge in [-0.3, -0.25) is 14.7 Å². The zero-order valence-electron chi connectivity index (χ0n) is 18.9. The van der Waals surface area contributed by atoms with Crippen LogP contribution in [0.4, 0.5) is 0 Å². The summed E-state index contributed by atoms with van der Waals surface area (Å²) in [5, 5.41) is 1.93. The normalized spacial score (nSPS) is 16.4. The molecular weight excluding hydrogens is 446 g/mol. The molecule has 0 aliphatic carbocycles. The van der Waals surface area contributed by atoms with E-state index in [2.05, 4.69) is 38.1 Å². The second kappa shape index (κ2) is 8.85. The molecule has 7 heteroatoms. The van der Waals surface area contributed by atoms with E-state index in [1.54, 1.807) is 0 Å². The molecule has 0 spiro atoms. The molecule has 2 N–H and O–H groups in total. The Labute approximate surface area is 202 Å². The Morgan fingerprint density at radius 3 is 2.68 bits per heavy atom. The molecule has 34 heavy (non-hydrogen) atoms. The number of aliphatic imine (C=N–C) groups is 1. The van der Waals surface area contributed by atoms with Crippen molar-refractivity contribution >= 4 is 28.2 Å². The van der Waals surface area contributed by atoms with Crippen molar-refractivity contribution in [2.45, 2.75) is 38.8 Å². The van der Waals surface area contributed by atoms with Gasteiger partial charge in [0.2, 0.25) is 0 Å². The van der Waals surface area contributed by atoms with Gasteiger partial charge in [-0.15, -0.1) is 0 Å². The standard InChI is InChI=1S/C27H26ClN5O/c28-18-10-8-17(9-11-18)25-20(19-5-1-2-6-22(19)30-25)15-33-14-12-23-21(16-33)27(34)32-26(31-23)24-7-3-4-13-29-24/h1-2,5-6,8-11,30H,3-4,7,12-16H2,(H,31,32,34). The Kier molecular flexibility index (Phi) is 5.55. The summed E-state index contributed by atoms with van der Waals surface area (Å²) >= 11 is 6.13. The van der Waals surface area contributed by atoms with Crippen molar-refractivity contribution in [1.82, 2.24) is 19.9 Å². The third kappa shape index (κ3) is 3.97. The summed E-state index contributed by atoms with van der Waals surface area (Å²) in [5.41, 5.74) is 7.15. The van der Waals surface area contributed by atoms with Gasteiger partial charge in [0, 0.05) is 48.5 Å². The van der Waals surface area contributed by atoms with Crippen LogP contribution in [0.1, 0.15) is 41.9 Å². The highest BCUT2D eigenvalue weighted by Crippen LogP contribution is 2.33. The molecule has 2 aromatic carbocycles. The first-order valence-electron chi connectivity index (χ1n) is 11.9. The van der Waals surface area contributed by atoms with Crippen LogP contribution >= 0.6 is 11.6 Å². The fourth-order valence-electron chi connectivity index (χ4n) is 5.09. The third-order valence-corrected chi connectivity index (χ3v) is 7.13. The number of halogens is 1. The molecule has 4 heterocycles. The fraction of sp³-hybridized carbons (Fsp3) is 0.296. The molecule has 0 radical (unpaired) electrons. The maximum absolute atomic E-state index is 13.0. The minimum atomic E-state index is -0.0326. The lowest BCUT2D eigenvalue weighted by Gasteiger charge is -2.28. The van der Waals surface area contributed by atoms with Crippen molar-refractivity contribution < 1.29 is 0 Å². The van der Waals surface area contributed by atoms with E-state index in [9.17, 15) is 4.79 Å². The van der Waals surface area contributed by atoms with Crippen LogP contribution < -0.4 is 5.56 Å². The molecule has 0 fully saturated rings. The van der Waals surface area contributed by atoms with Crippen molar-refractivity contribution in [3.8, 4) is 11.3 Å². The molecule has 0 amide bonds. The largest absolute Gasteiger partial charge is 0.354 e. The van der Waals surface area contributed by atoms with Gasteiger partial charge in [-0.25, -0.2) is 4.98 Å². The SMILES string of the molecule is O=c1[nH]c(C2=NCCCC2)nc2c1CN(Cc1c(-c3ccc(Cl)cc3)[nH]c3ccccc13)CC2. The molecule has 0 saturated heterocycles. The lowest BCUT2D eigenvalue weighted by Crippen LogP contribution is -2.36. The summed E-state index contributed by atoms with van der Waals surface area (Å²) in [6, 6.07) is 16.3. The summed E-state index contributed by atoms with van der Waals surface area (Å²) in [5.74, 6) is 0.665. The number of fused-ring (bicyclic) bond motifs is 2. The summed E-state index contributed by atoms with van der Waals surface area (Å²) < 4.78 is 0. The minimum absolute atomic E-state index is 0.0326. The molecule has 0 bridgehead atoms. The number of benzene rings is 2. The second-order valence-corrected chi connectivity index (χ2v) is 9.55. The predicted molar refractivity (Wildman–Crippen MR) is 137 cm³/mol. The third-order valence-electron chi connectivity index (χ3n) is 6.87. The average Bonchev–Trinajstić information content (AvgIpc) is 3.23. The number of nitrogens with one attached hydrogen (secondary N) is 2. The van der Waals surface area contributed by atoms with Crippen molar-refractivity contribution in [3.05, 3.63) is 86.6 Å². The fourth-order valence-corrected chi connectivity index (χ4v) is 5.22. The van der Waals surface area contributed by atoms with E-state index in [1.807, 2.05) is 30.3 Å². The predicted octanol–water partition coefficient (Wildman–Crippen LogP) is 5.10. The highest BCUT2D eigenvalue weighted by molar-refractivity contribution is 6.30. The van der Waals surface area contributed by atoms with Crippen LogP contribution in [0.5, 0.6) is 0 Å². The topological polar surface area (TPSA) is 77.1 Å². The van der Waals surface area contributed by atoms with Crippen molar-refractivity contribution in [3.63, 3.8) is 0 Å². The molecule has 0 atom stereocenters. The van der Waals surface area contributed by atoms with Gasteiger partial charge in [0.15, 0.2) is 5.82 Å². The summed E-state index contributed by atoms with van der Waals surface area (Å²) in [4.78, 5) is 31.4. The zero-order valence-corrected chi connectivity index (χ0v) is 19.7. The Balaban J connectivity index is 1.32. The highest BCUT2D eigenvalue weighted by atomic mass is 35.5. The van der Waals surface area contributed by atoms with Gasteiger partial charge in [0.1, 0.15) is 0 Å². The molecule has 6 rings (SSSR count). The molecule has 6 nitrogen and oxygen atoms in total. The second-order valence-electron chi connectivity index (χ2n) is 9.12.